The minimum atomic E-state index is -1.33. The van der Waals surface area contributed by atoms with Gasteiger partial charge in [-0.2, -0.15) is 0 Å². The van der Waals surface area contributed by atoms with Gasteiger partial charge in [0, 0.05) is 13.1 Å². The molecule has 0 saturated carbocycles. The SMILES string of the molecule is C=Cc1cccc(C(C(=O)NCCC(=O)OCC)N(CCCCCC)C(=O)C(CO)NC(=O)OC(C)(C)C)c1. The predicted octanol–water partition coefficient (Wildman–Crippen LogP) is 3.73. The molecule has 3 amide bonds. The number of benzene rings is 1. The Bertz CT molecular complexity index is 958. The molecule has 0 aliphatic heterocycles. The van der Waals surface area contributed by atoms with E-state index >= 15 is 0 Å². The fourth-order valence-electron chi connectivity index (χ4n) is 3.86. The summed E-state index contributed by atoms with van der Waals surface area (Å²) < 4.78 is 10.2. The van der Waals surface area contributed by atoms with Gasteiger partial charge in [-0.05, 0) is 51.3 Å². The standard InChI is InChI=1S/C29H45N3O7/c1-7-10-11-12-18-32(27(36)23(20-33)31-28(37)39-29(4,5)6)25(22-15-13-14-21(8-2)19-22)26(35)30-17-16-24(34)38-9-3/h8,13-15,19,23,25,33H,2,7,9-12,16-18,20H2,1,3-6H3,(H,30,35)(H,31,37). The minimum absolute atomic E-state index is 0.0206. The van der Waals surface area contributed by atoms with Gasteiger partial charge in [0.15, 0.2) is 0 Å². The maximum absolute atomic E-state index is 13.8. The van der Waals surface area contributed by atoms with E-state index in [9.17, 15) is 24.3 Å². The molecule has 0 spiro atoms. The zero-order valence-electron chi connectivity index (χ0n) is 24.0. The van der Waals surface area contributed by atoms with Crippen molar-refractivity contribution < 1.29 is 33.8 Å². The zero-order chi connectivity index (χ0) is 29.4. The summed E-state index contributed by atoms with van der Waals surface area (Å²) in [5.41, 5.74) is 0.471. The summed E-state index contributed by atoms with van der Waals surface area (Å²) in [4.78, 5) is 53.0. The third kappa shape index (κ3) is 12.3. The van der Waals surface area contributed by atoms with Gasteiger partial charge < -0.3 is 30.1 Å². The Labute approximate surface area is 232 Å². The third-order valence-electron chi connectivity index (χ3n) is 5.66. The van der Waals surface area contributed by atoms with E-state index in [0.29, 0.717) is 12.0 Å². The number of alkyl carbamates (subject to hydrolysis) is 1. The molecule has 0 aliphatic rings. The summed E-state index contributed by atoms with van der Waals surface area (Å²) in [5.74, 6) is -1.58. The number of hydrogen-bond acceptors (Lipinski definition) is 7. The van der Waals surface area contributed by atoms with Crippen molar-refractivity contribution in [2.45, 2.75) is 84.4 Å². The lowest BCUT2D eigenvalue weighted by molar-refractivity contribution is -0.144. The maximum Gasteiger partial charge on any atom is 0.408 e. The monoisotopic (exact) mass is 547 g/mol. The average Bonchev–Trinajstić information content (AvgIpc) is 2.87. The first-order chi connectivity index (χ1) is 18.5. The Hall–Kier alpha value is -3.40. The average molecular weight is 548 g/mol. The lowest BCUT2D eigenvalue weighted by Crippen LogP contribution is -2.54. The molecule has 0 fully saturated rings. The van der Waals surface area contributed by atoms with Gasteiger partial charge in [-0.25, -0.2) is 4.79 Å². The van der Waals surface area contributed by atoms with Crippen LogP contribution in [-0.4, -0.2) is 71.8 Å². The highest BCUT2D eigenvalue weighted by Gasteiger charge is 2.36. The highest BCUT2D eigenvalue weighted by atomic mass is 16.6. The van der Waals surface area contributed by atoms with Gasteiger partial charge in [0.1, 0.15) is 17.7 Å². The second-order valence-corrected chi connectivity index (χ2v) is 10.1. The van der Waals surface area contributed by atoms with Crippen LogP contribution in [0.25, 0.3) is 6.08 Å². The van der Waals surface area contributed by atoms with Crippen LogP contribution in [-0.2, 0) is 23.9 Å². The molecule has 2 atom stereocenters. The molecule has 1 rings (SSSR count). The first-order valence-electron chi connectivity index (χ1n) is 13.5. The van der Waals surface area contributed by atoms with Crippen molar-refractivity contribution in [2.24, 2.45) is 0 Å². The van der Waals surface area contributed by atoms with Crippen LogP contribution in [0, 0.1) is 0 Å². The number of nitrogens with one attached hydrogen (secondary N) is 2. The third-order valence-corrected chi connectivity index (χ3v) is 5.66. The van der Waals surface area contributed by atoms with Crippen molar-refractivity contribution in [3.05, 3.63) is 42.0 Å². The van der Waals surface area contributed by atoms with E-state index in [1.165, 1.54) is 4.90 Å². The molecule has 10 nitrogen and oxygen atoms in total. The lowest BCUT2D eigenvalue weighted by atomic mass is 9.99. The fraction of sp³-hybridized carbons (Fsp3) is 0.586. The molecule has 10 heteroatoms. The quantitative estimate of drug-likeness (QED) is 0.212. The number of esters is 1. The number of aliphatic hydroxyl groups excluding tert-OH is 1. The molecule has 0 saturated heterocycles. The molecule has 0 heterocycles. The lowest BCUT2D eigenvalue weighted by Gasteiger charge is -2.34. The van der Waals surface area contributed by atoms with E-state index in [0.717, 1.165) is 24.8 Å². The van der Waals surface area contributed by atoms with Crippen molar-refractivity contribution in [1.29, 1.82) is 0 Å². The van der Waals surface area contributed by atoms with Crippen LogP contribution in [0.1, 0.15) is 83.9 Å². The number of carbonyl (C=O) groups excluding carboxylic acids is 4. The molecular weight excluding hydrogens is 502 g/mol. The van der Waals surface area contributed by atoms with Crippen molar-refractivity contribution in [2.75, 3.05) is 26.3 Å². The van der Waals surface area contributed by atoms with Gasteiger partial charge in [0.05, 0.1) is 19.6 Å². The summed E-state index contributed by atoms with van der Waals surface area (Å²) in [6.45, 7) is 12.4. The second-order valence-electron chi connectivity index (χ2n) is 10.1. The van der Waals surface area contributed by atoms with Crippen LogP contribution in [0.4, 0.5) is 4.79 Å². The number of ether oxygens (including phenoxy) is 2. The molecule has 3 N–H and O–H groups in total. The highest BCUT2D eigenvalue weighted by molar-refractivity contribution is 5.92. The summed E-state index contributed by atoms with van der Waals surface area (Å²) in [6, 6.07) is 4.64. The van der Waals surface area contributed by atoms with E-state index in [4.69, 9.17) is 9.47 Å². The van der Waals surface area contributed by atoms with E-state index in [2.05, 4.69) is 24.1 Å². The molecule has 2 unspecified atom stereocenters. The largest absolute Gasteiger partial charge is 0.466 e. The van der Waals surface area contributed by atoms with Crippen molar-refractivity contribution in [3.63, 3.8) is 0 Å². The number of nitrogens with zero attached hydrogens (tertiary/aromatic N) is 1. The Morgan fingerprint density at radius 2 is 1.85 bits per heavy atom. The topological polar surface area (TPSA) is 134 Å². The number of carbonyl (C=O) groups is 4. The van der Waals surface area contributed by atoms with E-state index < -0.39 is 48.2 Å². The Kier molecular flexibility index (Phi) is 14.9. The summed E-state index contributed by atoms with van der Waals surface area (Å²) >= 11 is 0. The Balaban J connectivity index is 3.38. The number of amides is 3. The summed E-state index contributed by atoms with van der Waals surface area (Å²) in [7, 11) is 0. The van der Waals surface area contributed by atoms with Crippen molar-refractivity contribution in [3.8, 4) is 0 Å². The minimum Gasteiger partial charge on any atom is -0.466 e. The number of rotatable bonds is 16. The molecule has 39 heavy (non-hydrogen) atoms. The van der Waals surface area contributed by atoms with Gasteiger partial charge in [-0.3, -0.25) is 14.4 Å². The van der Waals surface area contributed by atoms with Crippen molar-refractivity contribution in [1.82, 2.24) is 15.5 Å². The molecule has 0 aromatic heterocycles. The summed E-state index contributed by atoms with van der Waals surface area (Å²) in [6.07, 6.45) is 4.11. The van der Waals surface area contributed by atoms with Gasteiger partial charge in [0.25, 0.3) is 0 Å². The van der Waals surface area contributed by atoms with Gasteiger partial charge >= 0.3 is 12.1 Å². The van der Waals surface area contributed by atoms with Crippen LogP contribution < -0.4 is 10.6 Å². The van der Waals surface area contributed by atoms with Crippen LogP contribution >= 0.6 is 0 Å². The van der Waals surface area contributed by atoms with Crippen LogP contribution in [0.15, 0.2) is 30.8 Å². The van der Waals surface area contributed by atoms with Crippen LogP contribution in [0.2, 0.25) is 0 Å². The number of hydrogen-bond donors (Lipinski definition) is 3. The fourth-order valence-corrected chi connectivity index (χ4v) is 3.86. The van der Waals surface area contributed by atoms with Gasteiger partial charge in [-0.15, -0.1) is 0 Å². The molecular formula is C29H45N3O7. The number of unbranched alkanes of at least 4 members (excludes halogenated alkanes) is 3. The first kappa shape index (κ1) is 33.6. The van der Waals surface area contributed by atoms with Crippen LogP contribution in [0.5, 0.6) is 0 Å². The van der Waals surface area contributed by atoms with Gasteiger partial charge in [0.2, 0.25) is 11.8 Å². The predicted molar refractivity (Wildman–Crippen MR) is 150 cm³/mol. The molecule has 0 bridgehead atoms. The number of aliphatic hydroxyl groups is 1. The zero-order valence-corrected chi connectivity index (χ0v) is 24.0. The van der Waals surface area contributed by atoms with Crippen molar-refractivity contribution >= 4 is 30.0 Å². The van der Waals surface area contributed by atoms with Gasteiger partial charge in [-0.1, -0.05) is 57.0 Å². The highest BCUT2D eigenvalue weighted by Crippen LogP contribution is 2.25. The second kappa shape index (κ2) is 17.2. The Morgan fingerprint density at radius 1 is 1.13 bits per heavy atom. The Morgan fingerprint density at radius 3 is 2.44 bits per heavy atom. The first-order valence-corrected chi connectivity index (χ1v) is 13.5. The molecule has 1 aromatic rings. The molecule has 1 aromatic carbocycles. The molecule has 218 valence electrons. The van der Waals surface area contributed by atoms with Crippen LogP contribution in [0.3, 0.4) is 0 Å². The molecule has 0 radical (unpaired) electrons. The summed E-state index contributed by atoms with van der Waals surface area (Å²) in [5, 5.41) is 15.2. The van der Waals surface area contributed by atoms with E-state index in [1.807, 2.05) is 6.07 Å². The van der Waals surface area contributed by atoms with E-state index in [1.54, 1.807) is 52.0 Å². The maximum atomic E-state index is 13.8. The smallest absolute Gasteiger partial charge is 0.408 e. The normalized spacial score (nSPS) is 12.6. The van der Waals surface area contributed by atoms with E-state index in [-0.39, 0.29) is 26.1 Å². The molecule has 0 aliphatic carbocycles.